The largest absolute Gasteiger partial charge is 0.408 e. The lowest BCUT2D eigenvalue weighted by Crippen LogP contribution is -2.17. The van der Waals surface area contributed by atoms with Gasteiger partial charge in [-0.1, -0.05) is 11.2 Å². The van der Waals surface area contributed by atoms with Gasteiger partial charge in [-0.3, -0.25) is 0 Å². The number of aromatic nitrogens is 2. The number of alkyl halides is 1. The second kappa shape index (κ2) is 6.02. The van der Waals surface area contributed by atoms with Crippen LogP contribution in [0, 0.1) is 0 Å². The Morgan fingerprint density at radius 3 is 3.12 bits per heavy atom. The first-order valence-corrected chi connectivity index (χ1v) is 6.86. The van der Waals surface area contributed by atoms with E-state index < -0.39 is 0 Å². The smallest absolute Gasteiger partial charge is 0.315 e. The zero-order chi connectivity index (χ0) is 12.1. The molecule has 4 nitrogen and oxygen atoms in total. The number of thiophene rings is 1. The summed E-state index contributed by atoms with van der Waals surface area (Å²) in [6, 6.07) is 4.90. The van der Waals surface area contributed by atoms with Crippen molar-refractivity contribution in [3.8, 4) is 0 Å². The highest BCUT2D eigenvalue weighted by Crippen LogP contribution is 2.14. The molecule has 0 saturated carbocycles. The molecule has 2 heterocycles. The average Bonchev–Trinajstić information content (AvgIpc) is 2.91. The van der Waals surface area contributed by atoms with Crippen molar-refractivity contribution in [3.63, 3.8) is 0 Å². The first kappa shape index (κ1) is 12.4. The molecule has 17 heavy (non-hydrogen) atoms. The number of hydrogen-bond donors (Lipinski definition) is 1. The monoisotopic (exact) mass is 271 g/mol. The van der Waals surface area contributed by atoms with Gasteiger partial charge in [-0.05, 0) is 18.4 Å². The van der Waals surface area contributed by atoms with Gasteiger partial charge in [0, 0.05) is 29.6 Å². The van der Waals surface area contributed by atoms with Gasteiger partial charge in [0.25, 0.3) is 0 Å². The Hall–Kier alpha value is -1.07. The van der Waals surface area contributed by atoms with Crippen LogP contribution < -0.4 is 5.32 Å². The number of hydrogen-bond acceptors (Lipinski definition) is 5. The summed E-state index contributed by atoms with van der Waals surface area (Å²) in [5.41, 5.74) is 0. The second-order valence-electron chi connectivity index (χ2n) is 3.77. The quantitative estimate of drug-likeness (QED) is 0.821. The summed E-state index contributed by atoms with van der Waals surface area (Å²) in [4.78, 5) is 1.34. The highest BCUT2D eigenvalue weighted by atomic mass is 35.5. The number of nitrogens with one attached hydrogen (secondary N) is 1. The molecule has 1 N–H and O–H groups in total. The normalized spacial score (nSPS) is 12.6. The van der Waals surface area contributed by atoms with Crippen LogP contribution in [-0.4, -0.2) is 22.1 Å². The van der Waals surface area contributed by atoms with Gasteiger partial charge < -0.3 is 9.73 Å². The fourth-order valence-corrected chi connectivity index (χ4v) is 2.48. The maximum atomic E-state index is 5.60. The lowest BCUT2D eigenvalue weighted by molar-refractivity contribution is 0.506. The van der Waals surface area contributed by atoms with Gasteiger partial charge >= 0.3 is 6.01 Å². The Balaban J connectivity index is 1.86. The molecule has 0 radical (unpaired) electrons. The standard InChI is InChI=1S/C11H14ClN3OS/c1-8(7-9-3-2-6-17-9)13-11-15-14-10(16-11)4-5-12/h2-3,6,8H,4-5,7H2,1H3,(H,13,15). The summed E-state index contributed by atoms with van der Waals surface area (Å²) in [6.45, 7) is 2.09. The molecule has 0 bridgehead atoms. The van der Waals surface area contributed by atoms with Crippen LogP contribution in [-0.2, 0) is 12.8 Å². The van der Waals surface area contributed by atoms with Crippen LogP contribution in [0.25, 0.3) is 0 Å². The Morgan fingerprint density at radius 2 is 2.41 bits per heavy atom. The van der Waals surface area contributed by atoms with Crippen LogP contribution in [0.4, 0.5) is 6.01 Å². The number of nitrogens with zero attached hydrogens (tertiary/aromatic N) is 2. The Labute approximate surface area is 109 Å². The summed E-state index contributed by atoms with van der Waals surface area (Å²) >= 11 is 7.35. The molecule has 0 spiro atoms. The fraction of sp³-hybridized carbons (Fsp3) is 0.455. The van der Waals surface area contributed by atoms with Gasteiger partial charge in [0.15, 0.2) is 0 Å². The minimum atomic E-state index is 0.262. The van der Waals surface area contributed by atoms with Gasteiger partial charge in [0.05, 0.1) is 0 Å². The van der Waals surface area contributed by atoms with Crippen molar-refractivity contribution < 1.29 is 4.42 Å². The van der Waals surface area contributed by atoms with Crippen LogP contribution in [0.1, 0.15) is 17.7 Å². The molecule has 0 saturated heterocycles. The van der Waals surface area contributed by atoms with Crippen molar-refractivity contribution in [1.82, 2.24) is 10.2 Å². The maximum Gasteiger partial charge on any atom is 0.315 e. The van der Waals surface area contributed by atoms with Crippen LogP contribution >= 0.6 is 22.9 Å². The number of anilines is 1. The summed E-state index contributed by atoms with van der Waals surface area (Å²) in [7, 11) is 0. The maximum absolute atomic E-state index is 5.60. The van der Waals surface area contributed by atoms with E-state index >= 15 is 0 Å². The third kappa shape index (κ3) is 3.71. The van der Waals surface area contributed by atoms with E-state index in [4.69, 9.17) is 16.0 Å². The summed E-state index contributed by atoms with van der Waals surface area (Å²) in [5.74, 6) is 1.07. The third-order valence-electron chi connectivity index (χ3n) is 2.23. The van der Waals surface area contributed by atoms with Crippen LogP contribution in [0.15, 0.2) is 21.9 Å². The Kier molecular flexibility index (Phi) is 4.39. The van der Waals surface area contributed by atoms with E-state index in [0.29, 0.717) is 24.2 Å². The predicted molar refractivity (Wildman–Crippen MR) is 69.8 cm³/mol. The van der Waals surface area contributed by atoms with E-state index in [2.05, 4.69) is 40.0 Å². The van der Waals surface area contributed by atoms with E-state index in [0.717, 1.165) is 6.42 Å². The zero-order valence-corrected chi connectivity index (χ0v) is 11.1. The van der Waals surface area contributed by atoms with E-state index in [1.807, 2.05) is 0 Å². The number of halogens is 1. The minimum Gasteiger partial charge on any atom is -0.408 e. The van der Waals surface area contributed by atoms with Crippen molar-refractivity contribution in [2.24, 2.45) is 0 Å². The van der Waals surface area contributed by atoms with E-state index in [1.165, 1.54) is 4.88 Å². The van der Waals surface area contributed by atoms with Crippen LogP contribution in [0.2, 0.25) is 0 Å². The summed E-state index contributed by atoms with van der Waals surface area (Å²) in [6.07, 6.45) is 1.56. The minimum absolute atomic E-state index is 0.262. The molecule has 1 atom stereocenters. The van der Waals surface area contributed by atoms with Crippen molar-refractivity contribution in [3.05, 3.63) is 28.3 Å². The van der Waals surface area contributed by atoms with Crippen molar-refractivity contribution >= 4 is 29.0 Å². The Bertz CT molecular complexity index is 443. The van der Waals surface area contributed by atoms with Crippen LogP contribution in [0.5, 0.6) is 0 Å². The van der Waals surface area contributed by atoms with E-state index in [1.54, 1.807) is 11.3 Å². The molecule has 1 unspecified atom stereocenters. The van der Waals surface area contributed by atoms with E-state index in [-0.39, 0.29) is 6.04 Å². The molecule has 2 rings (SSSR count). The number of rotatable bonds is 6. The van der Waals surface area contributed by atoms with Crippen molar-refractivity contribution in [1.29, 1.82) is 0 Å². The molecule has 0 amide bonds. The van der Waals surface area contributed by atoms with Gasteiger partial charge in [-0.15, -0.1) is 28.0 Å². The molecule has 2 aromatic rings. The topological polar surface area (TPSA) is 51.0 Å². The molecular formula is C11H14ClN3OS. The second-order valence-corrected chi connectivity index (χ2v) is 5.18. The van der Waals surface area contributed by atoms with Gasteiger partial charge in [0.1, 0.15) is 0 Å². The van der Waals surface area contributed by atoms with Crippen molar-refractivity contribution in [2.45, 2.75) is 25.8 Å². The molecule has 0 aromatic carbocycles. The molecule has 0 aliphatic rings. The summed E-state index contributed by atoms with van der Waals surface area (Å²) < 4.78 is 5.40. The summed E-state index contributed by atoms with van der Waals surface area (Å²) in [5, 5.41) is 13.1. The fourth-order valence-electron chi connectivity index (χ4n) is 1.49. The van der Waals surface area contributed by atoms with Gasteiger partial charge in [0.2, 0.25) is 5.89 Å². The first-order chi connectivity index (χ1) is 8.28. The highest BCUT2D eigenvalue weighted by Gasteiger charge is 2.09. The van der Waals surface area contributed by atoms with Crippen LogP contribution in [0.3, 0.4) is 0 Å². The van der Waals surface area contributed by atoms with Gasteiger partial charge in [-0.2, -0.15) is 0 Å². The third-order valence-corrected chi connectivity index (χ3v) is 3.32. The molecule has 0 aliphatic carbocycles. The molecule has 0 aliphatic heterocycles. The van der Waals surface area contributed by atoms with Crippen molar-refractivity contribution in [2.75, 3.05) is 11.2 Å². The van der Waals surface area contributed by atoms with E-state index in [9.17, 15) is 0 Å². The lowest BCUT2D eigenvalue weighted by Gasteiger charge is -2.09. The molecule has 2 aromatic heterocycles. The first-order valence-electron chi connectivity index (χ1n) is 5.45. The zero-order valence-electron chi connectivity index (χ0n) is 9.52. The predicted octanol–water partition coefficient (Wildman–Crippen LogP) is 2.96. The SMILES string of the molecule is CC(Cc1cccs1)Nc1nnc(CCCl)o1. The average molecular weight is 272 g/mol. The molecule has 92 valence electrons. The number of aryl methyl sites for hydroxylation is 1. The van der Waals surface area contributed by atoms with Gasteiger partial charge in [-0.25, -0.2) is 0 Å². The Morgan fingerprint density at radius 1 is 1.53 bits per heavy atom. The molecule has 0 fully saturated rings. The lowest BCUT2D eigenvalue weighted by atomic mass is 10.2. The molecule has 6 heteroatoms. The highest BCUT2D eigenvalue weighted by molar-refractivity contribution is 7.09. The molecular weight excluding hydrogens is 258 g/mol.